The Hall–Kier alpha value is -3.00. The Morgan fingerprint density at radius 2 is 1.96 bits per heavy atom. The van der Waals surface area contributed by atoms with Gasteiger partial charge < -0.3 is 15.4 Å². The molecule has 0 bridgehead atoms. The molecule has 5 nitrogen and oxygen atoms in total. The topological polar surface area (TPSA) is 69.4 Å². The molecule has 2 aromatic carbocycles. The van der Waals surface area contributed by atoms with E-state index in [4.69, 9.17) is 10.00 Å². The Balaban J connectivity index is 1.94. The summed E-state index contributed by atoms with van der Waals surface area (Å²) in [7, 11) is 3.40. The van der Waals surface area contributed by atoms with Gasteiger partial charge in [0.05, 0.1) is 18.7 Å². The first kappa shape index (κ1) is 17.4. The first-order valence-electron chi connectivity index (χ1n) is 7.73. The largest absolute Gasteiger partial charge is 0.496 e. The van der Waals surface area contributed by atoms with Crippen LogP contribution in [-0.2, 0) is 13.1 Å². The second-order valence-corrected chi connectivity index (χ2v) is 5.41. The summed E-state index contributed by atoms with van der Waals surface area (Å²) in [6.07, 6.45) is 0. The number of nitriles is 1. The van der Waals surface area contributed by atoms with Crippen molar-refractivity contribution in [3.63, 3.8) is 0 Å². The molecule has 0 aliphatic carbocycles. The van der Waals surface area contributed by atoms with Crippen molar-refractivity contribution >= 4 is 5.96 Å². The maximum atomic E-state index is 8.95. The van der Waals surface area contributed by atoms with Gasteiger partial charge in [0.2, 0.25) is 0 Å². The molecule has 2 rings (SSSR count). The van der Waals surface area contributed by atoms with Crippen molar-refractivity contribution in [2.45, 2.75) is 20.0 Å². The van der Waals surface area contributed by atoms with Crippen LogP contribution in [0.2, 0.25) is 0 Å². The normalized spacial score (nSPS) is 10.8. The highest BCUT2D eigenvalue weighted by Crippen LogP contribution is 2.19. The number of aryl methyl sites for hydroxylation is 1. The van der Waals surface area contributed by atoms with E-state index in [-0.39, 0.29) is 0 Å². The van der Waals surface area contributed by atoms with E-state index in [0.29, 0.717) is 24.6 Å². The van der Waals surface area contributed by atoms with E-state index < -0.39 is 0 Å². The van der Waals surface area contributed by atoms with Crippen LogP contribution in [0.4, 0.5) is 0 Å². The smallest absolute Gasteiger partial charge is 0.191 e. The van der Waals surface area contributed by atoms with Crippen molar-refractivity contribution in [1.29, 1.82) is 5.26 Å². The molecule has 124 valence electrons. The summed E-state index contributed by atoms with van der Waals surface area (Å²) in [6, 6.07) is 15.8. The van der Waals surface area contributed by atoms with Gasteiger partial charge in [-0.15, -0.1) is 0 Å². The lowest BCUT2D eigenvalue weighted by atomic mass is 10.1. The van der Waals surface area contributed by atoms with Crippen LogP contribution in [0.5, 0.6) is 5.75 Å². The molecular weight excluding hydrogens is 300 g/mol. The van der Waals surface area contributed by atoms with Crippen LogP contribution in [0.25, 0.3) is 0 Å². The molecule has 2 aromatic rings. The molecule has 5 heteroatoms. The minimum atomic E-state index is 0.597. The Bertz CT molecular complexity index is 762. The fourth-order valence-electron chi connectivity index (χ4n) is 2.33. The Morgan fingerprint density at radius 1 is 1.17 bits per heavy atom. The molecule has 0 unspecified atom stereocenters. The van der Waals surface area contributed by atoms with Crippen LogP contribution in [0, 0.1) is 18.3 Å². The van der Waals surface area contributed by atoms with Crippen LogP contribution < -0.4 is 15.4 Å². The van der Waals surface area contributed by atoms with Gasteiger partial charge in [-0.05, 0) is 36.2 Å². The number of benzene rings is 2. The highest BCUT2D eigenvalue weighted by molar-refractivity contribution is 5.79. The zero-order valence-electron chi connectivity index (χ0n) is 14.3. The Labute approximate surface area is 143 Å². The maximum Gasteiger partial charge on any atom is 0.191 e. The predicted octanol–water partition coefficient (Wildman–Crippen LogP) is 2.74. The van der Waals surface area contributed by atoms with Gasteiger partial charge in [-0.2, -0.15) is 5.26 Å². The number of hydrogen-bond donors (Lipinski definition) is 2. The van der Waals surface area contributed by atoms with Crippen LogP contribution in [0.1, 0.15) is 22.3 Å². The third-order valence-electron chi connectivity index (χ3n) is 3.63. The maximum absolute atomic E-state index is 8.95. The summed E-state index contributed by atoms with van der Waals surface area (Å²) in [5.41, 5.74) is 3.92. The number of nitrogens with one attached hydrogen (secondary N) is 2. The second-order valence-electron chi connectivity index (χ2n) is 5.41. The number of guanidine groups is 1. The fraction of sp³-hybridized carbons (Fsp3) is 0.263. The lowest BCUT2D eigenvalue weighted by Gasteiger charge is -2.14. The molecule has 0 aliphatic rings. The molecule has 0 saturated carbocycles. The summed E-state index contributed by atoms with van der Waals surface area (Å²) in [6.45, 7) is 3.25. The number of hydrogen-bond acceptors (Lipinski definition) is 3. The number of rotatable bonds is 5. The number of nitrogens with zero attached hydrogens (tertiary/aromatic N) is 2. The molecule has 2 N–H and O–H groups in total. The van der Waals surface area contributed by atoms with E-state index in [1.807, 2.05) is 37.3 Å². The molecule has 0 aliphatic heterocycles. The molecule has 0 radical (unpaired) electrons. The summed E-state index contributed by atoms with van der Waals surface area (Å²) < 4.78 is 5.42. The Morgan fingerprint density at radius 3 is 2.67 bits per heavy atom. The predicted molar refractivity (Wildman–Crippen MR) is 95.9 cm³/mol. The van der Waals surface area contributed by atoms with Crippen molar-refractivity contribution in [3.05, 3.63) is 64.7 Å². The zero-order chi connectivity index (χ0) is 17.4. The van der Waals surface area contributed by atoms with Gasteiger partial charge in [-0.3, -0.25) is 4.99 Å². The lowest BCUT2D eigenvalue weighted by molar-refractivity contribution is 0.408. The minimum absolute atomic E-state index is 0.597. The van der Waals surface area contributed by atoms with Gasteiger partial charge in [0, 0.05) is 25.7 Å². The molecule has 0 fully saturated rings. The van der Waals surface area contributed by atoms with Crippen molar-refractivity contribution in [3.8, 4) is 11.8 Å². The molecule has 0 saturated heterocycles. The van der Waals surface area contributed by atoms with Gasteiger partial charge in [-0.25, -0.2) is 0 Å². The quantitative estimate of drug-likeness (QED) is 0.656. The van der Waals surface area contributed by atoms with Gasteiger partial charge >= 0.3 is 0 Å². The molecule has 24 heavy (non-hydrogen) atoms. The number of methoxy groups -OCH3 is 1. The third-order valence-corrected chi connectivity index (χ3v) is 3.63. The van der Waals surface area contributed by atoms with Crippen molar-refractivity contribution in [2.75, 3.05) is 14.2 Å². The van der Waals surface area contributed by atoms with Crippen LogP contribution in [0.3, 0.4) is 0 Å². The van der Waals surface area contributed by atoms with Gasteiger partial charge in [0.1, 0.15) is 5.75 Å². The van der Waals surface area contributed by atoms with Gasteiger partial charge in [0.25, 0.3) is 0 Å². The first-order chi connectivity index (χ1) is 11.7. The monoisotopic (exact) mass is 322 g/mol. The van der Waals surface area contributed by atoms with E-state index in [1.165, 1.54) is 0 Å². The van der Waals surface area contributed by atoms with E-state index in [1.54, 1.807) is 20.2 Å². The lowest BCUT2D eigenvalue weighted by Crippen LogP contribution is -2.36. The van der Waals surface area contributed by atoms with E-state index >= 15 is 0 Å². The number of aliphatic imine (C=N–C) groups is 1. The van der Waals surface area contributed by atoms with E-state index in [2.05, 4.69) is 27.8 Å². The third kappa shape index (κ3) is 4.75. The highest BCUT2D eigenvalue weighted by atomic mass is 16.5. The first-order valence-corrected chi connectivity index (χ1v) is 7.73. The average molecular weight is 322 g/mol. The van der Waals surface area contributed by atoms with Gasteiger partial charge in [0.15, 0.2) is 5.96 Å². The van der Waals surface area contributed by atoms with E-state index in [0.717, 1.165) is 22.4 Å². The molecule has 0 aromatic heterocycles. The standard InChI is InChI=1S/C19H22N4O/c1-14-7-8-17(18(9-14)24-3)13-23-19(21-2)22-12-16-6-4-5-15(10-16)11-20/h4-10H,12-13H2,1-3H3,(H2,21,22,23). The average Bonchev–Trinajstić information content (AvgIpc) is 2.62. The molecule has 0 heterocycles. The minimum Gasteiger partial charge on any atom is -0.496 e. The molecule has 0 spiro atoms. The molecular formula is C19H22N4O. The SMILES string of the molecule is CN=C(NCc1cccc(C#N)c1)NCc1ccc(C)cc1OC. The van der Waals surface area contributed by atoms with Crippen LogP contribution in [0.15, 0.2) is 47.5 Å². The zero-order valence-corrected chi connectivity index (χ0v) is 14.3. The van der Waals surface area contributed by atoms with Crippen molar-refractivity contribution < 1.29 is 4.74 Å². The molecule has 0 atom stereocenters. The van der Waals surface area contributed by atoms with Crippen molar-refractivity contribution in [2.24, 2.45) is 4.99 Å². The Kier molecular flexibility index (Phi) is 6.21. The highest BCUT2D eigenvalue weighted by Gasteiger charge is 2.05. The summed E-state index contributed by atoms with van der Waals surface area (Å²) in [5.74, 6) is 1.56. The van der Waals surface area contributed by atoms with Crippen LogP contribution >= 0.6 is 0 Å². The van der Waals surface area contributed by atoms with Gasteiger partial charge in [-0.1, -0.05) is 24.3 Å². The second kappa shape index (κ2) is 8.59. The van der Waals surface area contributed by atoms with Crippen molar-refractivity contribution in [1.82, 2.24) is 10.6 Å². The summed E-state index contributed by atoms with van der Waals surface area (Å²) in [4.78, 5) is 4.22. The van der Waals surface area contributed by atoms with Crippen LogP contribution in [-0.4, -0.2) is 20.1 Å². The fourth-order valence-corrected chi connectivity index (χ4v) is 2.33. The molecule has 0 amide bonds. The number of ether oxygens (including phenoxy) is 1. The summed E-state index contributed by atoms with van der Waals surface area (Å²) >= 11 is 0. The van der Waals surface area contributed by atoms with E-state index in [9.17, 15) is 0 Å². The summed E-state index contributed by atoms with van der Waals surface area (Å²) in [5, 5.41) is 15.5.